The lowest BCUT2D eigenvalue weighted by atomic mass is 10.0. The summed E-state index contributed by atoms with van der Waals surface area (Å²) in [5.74, 6) is 0. The molecule has 0 bridgehead atoms. The van der Waals surface area contributed by atoms with Crippen LogP contribution in [0.5, 0.6) is 0 Å². The zero-order chi connectivity index (χ0) is 13.7. The average molecular weight is 283 g/mol. The van der Waals surface area contributed by atoms with Crippen molar-refractivity contribution in [2.75, 3.05) is 24.5 Å². The van der Waals surface area contributed by atoms with Crippen LogP contribution in [0.1, 0.15) is 31.7 Å². The van der Waals surface area contributed by atoms with Crippen LogP contribution >= 0.6 is 11.6 Å². The van der Waals surface area contributed by atoms with Gasteiger partial charge in [-0.05, 0) is 37.4 Å². The highest BCUT2D eigenvalue weighted by Crippen LogP contribution is 2.32. The van der Waals surface area contributed by atoms with Gasteiger partial charge >= 0.3 is 0 Å². The molecule has 0 radical (unpaired) electrons. The standard InChI is InChI=1S/C15H23ClN2O/c1-2-8-17-11-12-4-3-5-14(16)15(12)18-9-6-13(19)7-10-18/h3-5,13,17,19H,2,6-11H2,1H3. The number of anilines is 1. The molecular formula is C15H23ClN2O. The van der Waals surface area contributed by atoms with E-state index < -0.39 is 0 Å². The molecule has 2 N–H and O–H groups in total. The first-order valence-corrected chi connectivity index (χ1v) is 7.51. The van der Waals surface area contributed by atoms with Crippen molar-refractivity contribution < 1.29 is 5.11 Å². The van der Waals surface area contributed by atoms with Crippen molar-refractivity contribution in [3.63, 3.8) is 0 Å². The maximum Gasteiger partial charge on any atom is 0.0642 e. The fourth-order valence-corrected chi connectivity index (χ4v) is 2.86. The minimum absolute atomic E-state index is 0.152. The van der Waals surface area contributed by atoms with Gasteiger partial charge in [0, 0.05) is 19.6 Å². The average Bonchev–Trinajstić information content (AvgIpc) is 2.41. The Kier molecular flexibility index (Phi) is 5.49. The molecule has 106 valence electrons. The molecule has 2 rings (SSSR count). The molecule has 1 aliphatic heterocycles. The van der Waals surface area contributed by atoms with Crippen LogP contribution in [-0.2, 0) is 6.54 Å². The molecular weight excluding hydrogens is 260 g/mol. The Hall–Kier alpha value is -0.770. The molecule has 4 heteroatoms. The monoisotopic (exact) mass is 282 g/mol. The van der Waals surface area contributed by atoms with Crippen LogP contribution in [0.3, 0.4) is 0 Å². The van der Waals surface area contributed by atoms with Crippen molar-refractivity contribution in [1.29, 1.82) is 0 Å². The van der Waals surface area contributed by atoms with Gasteiger partial charge in [0.15, 0.2) is 0 Å². The quantitative estimate of drug-likeness (QED) is 0.815. The second-order valence-electron chi connectivity index (χ2n) is 5.14. The number of hydrogen-bond acceptors (Lipinski definition) is 3. The van der Waals surface area contributed by atoms with Crippen LogP contribution in [0.2, 0.25) is 5.02 Å². The largest absolute Gasteiger partial charge is 0.393 e. The summed E-state index contributed by atoms with van der Waals surface area (Å²) in [4.78, 5) is 2.30. The molecule has 0 spiro atoms. The van der Waals surface area contributed by atoms with Crippen molar-refractivity contribution in [1.82, 2.24) is 5.32 Å². The lowest BCUT2D eigenvalue weighted by Crippen LogP contribution is -2.36. The highest BCUT2D eigenvalue weighted by atomic mass is 35.5. The summed E-state index contributed by atoms with van der Waals surface area (Å²) in [7, 11) is 0. The fraction of sp³-hybridized carbons (Fsp3) is 0.600. The van der Waals surface area contributed by atoms with E-state index in [0.29, 0.717) is 0 Å². The van der Waals surface area contributed by atoms with Gasteiger partial charge in [0.25, 0.3) is 0 Å². The Morgan fingerprint density at radius 2 is 2.11 bits per heavy atom. The van der Waals surface area contributed by atoms with Gasteiger partial charge in [-0.3, -0.25) is 0 Å². The lowest BCUT2D eigenvalue weighted by Gasteiger charge is -2.33. The zero-order valence-corrected chi connectivity index (χ0v) is 12.3. The molecule has 0 aliphatic carbocycles. The maximum absolute atomic E-state index is 9.61. The van der Waals surface area contributed by atoms with Gasteiger partial charge in [-0.25, -0.2) is 0 Å². The Morgan fingerprint density at radius 1 is 1.37 bits per heavy atom. The SMILES string of the molecule is CCCNCc1cccc(Cl)c1N1CCC(O)CC1. The van der Waals surface area contributed by atoms with Gasteiger partial charge in [0.2, 0.25) is 0 Å². The summed E-state index contributed by atoms with van der Waals surface area (Å²) < 4.78 is 0. The number of aliphatic hydroxyl groups excluding tert-OH is 1. The Morgan fingerprint density at radius 3 is 2.79 bits per heavy atom. The second-order valence-corrected chi connectivity index (χ2v) is 5.55. The molecule has 1 saturated heterocycles. The number of rotatable bonds is 5. The summed E-state index contributed by atoms with van der Waals surface area (Å²) in [5, 5.41) is 13.9. The van der Waals surface area contributed by atoms with Crippen LogP contribution in [0, 0.1) is 0 Å². The molecule has 1 aromatic carbocycles. The maximum atomic E-state index is 9.61. The predicted molar refractivity (Wildman–Crippen MR) is 80.9 cm³/mol. The first kappa shape index (κ1) is 14.6. The number of nitrogens with one attached hydrogen (secondary N) is 1. The van der Waals surface area contributed by atoms with E-state index in [-0.39, 0.29) is 6.10 Å². The fourth-order valence-electron chi connectivity index (χ4n) is 2.55. The van der Waals surface area contributed by atoms with E-state index in [2.05, 4.69) is 23.2 Å². The highest BCUT2D eigenvalue weighted by molar-refractivity contribution is 6.33. The van der Waals surface area contributed by atoms with Gasteiger partial charge < -0.3 is 15.3 Å². The van der Waals surface area contributed by atoms with Gasteiger partial charge in [-0.2, -0.15) is 0 Å². The Balaban J connectivity index is 2.13. The smallest absolute Gasteiger partial charge is 0.0642 e. The van der Waals surface area contributed by atoms with E-state index in [1.807, 2.05) is 12.1 Å². The van der Waals surface area contributed by atoms with Crippen molar-refractivity contribution in [2.24, 2.45) is 0 Å². The van der Waals surface area contributed by atoms with E-state index in [9.17, 15) is 5.11 Å². The van der Waals surface area contributed by atoms with Gasteiger partial charge in [-0.15, -0.1) is 0 Å². The van der Waals surface area contributed by atoms with Gasteiger partial charge in [0.1, 0.15) is 0 Å². The van der Waals surface area contributed by atoms with E-state index in [1.54, 1.807) is 0 Å². The number of nitrogens with zero attached hydrogens (tertiary/aromatic N) is 1. The molecule has 0 aromatic heterocycles. The molecule has 0 saturated carbocycles. The molecule has 1 aliphatic rings. The van der Waals surface area contributed by atoms with Crippen LogP contribution in [0.4, 0.5) is 5.69 Å². The summed E-state index contributed by atoms with van der Waals surface area (Å²) in [5.41, 5.74) is 2.39. The molecule has 1 aromatic rings. The summed E-state index contributed by atoms with van der Waals surface area (Å²) >= 11 is 6.38. The first-order chi connectivity index (χ1) is 9.22. The highest BCUT2D eigenvalue weighted by Gasteiger charge is 2.21. The van der Waals surface area contributed by atoms with Crippen molar-refractivity contribution >= 4 is 17.3 Å². The van der Waals surface area contributed by atoms with E-state index in [0.717, 1.165) is 56.2 Å². The third-order valence-electron chi connectivity index (χ3n) is 3.59. The zero-order valence-electron chi connectivity index (χ0n) is 11.5. The number of halogens is 1. The van der Waals surface area contributed by atoms with Crippen LogP contribution < -0.4 is 10.2 Å². The number of para-hydroxylation sites is 1. The normalized spacial score (nSPS) is 16.9. The van der Waals surface area contributed by atoms with Crippen LogP contribution in [0.15, 0.2) is 18.2 Å². The number of hydrogen-bond donors (Lipinski definition) is 2. The topological polar surface area (TPSA) is 35.5 Å². The summed E-state index contributed by atoms with van der Waals surface area (Å²) in [6, 6.07) is 6.09. The molecule has 1 heterocycles. The van der Waals surface area contributed by atoms with Crippen LogP contribution in [0.25, 0.3) is 0 Å². The Labute approximate surface area is 120 Å². The second kappa shape index (κ2) is 7.13. The molecule has 0 unspecified atom stereocenters. The number of piperidine rings is 1. The Bertz CT molecular complexity index is 403. The first-order valence-electron chi connectivity index (χ1n) is 7.13. The summed E-state index contributed by atoms with van der Waals surface area (Å²) in [6.07, 6.45) is 2.63. The van der Waals surface area contributed by atoms with Crippen molar-refractivity contribution in [2.45, 2.75) is 38.8 Å². The third-order valence-corrected chi connectivity index (χ3v) is 3.90. The summed E-state index contributed by atoms with van der Waals surface area (Å²) in [6.45, 7) is 5.79. The van der Waals surface area contributed by atoms with E-state index in [4.69, 9.17) is 11.6 Å². The molecule has 1 fully saturated rings. The van der Waals surface area contributed by atoms with Crippen molar-refractivity contribution in [3.05, 3.63) is 28.8 Å². The van der Waals surface area contributed by atoms with Crippen LogP contribution in [-0.4, -0.2) is 30.8 Å². The minimum Gasteiger partial charge on any atom is -0.393 e. The van der Waals surface area contributed by atoms with Gasteiger partial charge in [-0.1, -0.05) is 30.7 Å². The minimum atomic E-state index is -0.152. The number of aliphatic hydroxyl groups is 1. The predicted octanol–water partition coefficient (Wildman–Crippen LogP) is 2.80. The lowest BCUT2D eigenvalue weighted by molar-refractivity contribution is 0.145. The van der Waals surface area contributed by atoms with E-state index in [1.165, 1.54) is 5.56 Å². The third kappa shape index (κ3) is 3.85. The molecule has 19 heavy (non-hydrogen) atoms. The van der Waals surface area contributed by atoms with E-state index >= 15 is 0 Å². The molecule has 3 nitrogen and oxygen atoms in total. The molecule has 0 atom stereocenters. The molecule has 0 amide bonds. The number of benzene rings is 1. The van der Waals surface area contributed by atoms with Gasteiger partial charge in [0.05, 0.1) is 16.8 Å². The van der Waals surface area contributed by atoms with Crippen molar-refractivity contribution in [3.8, 4) is 0 Å².